The van der Waals surface area contributed by atoms with E-state index in [2.05, 4.69) is 15.0 Å². The molecular weight excluding hydrogens is 289 g/mol. The number of rotatable bonds is 1. The number of benzene rings is 2. The van der Waals surface area contributed by atoms with Crippen molar-refractivity contribution in [3.05, 3.63) is 54.6 Å². The molecule has 0 atom stereocenters. The van der Waals surface area contributed by atoms with Gasteiger partial charge in [-0.1, -0.05) is 42.1 Å². The van der Waals surface area contributed by atoms with E-state index in [1.54, 1.807) is 6.07 Å². The number of aromatic nitrogens is 3. The second-order valence-electron chi connectivity index (χ2n) is 4.63. The Morgan fingerprint density at radius 2 is 1.71 bits per heavy atom. The first-order chi connectivity index (χ1) is 9.81. The summed E-state index contributed by atoms with van der Waals surface area (Å²) in [7, 11) is 0. The molecule has 21 heavy (non-hydrogen) atoms. The van der Waals surface area contributed by atoms with Crippen LogP contribution in [0.25, 0.3) is 33.5 Å². The first kappa shape index (κ1) is 14.7. The Hall–Kier alpha value is -1.24. The summed E-state index contributed by atoms with van der Waals surface area (Å²) in [5.41, 5.74) is 3.00. The van der Waals surface area contributed by atoms with E-state index in [4.69, 9.17) is 0 Å². The first-order valence-electron chi connectivity index (χ1n) is 6.33. The van der Waals surface area contributed by atoms with Gasteiger partial charge >= 0.3 is 51.4 Å². The molecule has 0 amide bonds. The number of aromatic amines is 1. The van der Waals surface area contributed by atoms with Crippen molar-refractivity contribution in [3.8, 4) is 17.3 Å². The molecular formula is C16H10KN3O. The van der Waals surface area contributed by atoms with Crippen LogP contribution in [0, 0.1) is 0 Å². The van der Waals surface area contributed by atoms with Crippen LogP contribution in [0.1, 0.15) is 0 Å². The summed E-state index contributed by atoms with van der Waals surface area (Å²) in [6, 6.07) is 16.7. The van der Waals surface area contributed by atoms with Gasteiger partial charge in [-0.25, -0.2) is 9.97 Å². The standard InChI is InChI=1S/C16H11N3O.K/c20-14-7-3-4-10-8-9-13(17-15(10)14)16-18-11-5-1-2-6-12(11)19-16;/h1-9,20H,(H,18,19);/q;+1/p-1. The molecule has 5 heteroatoms. The zero-order valence-electron chi connectivity index (χ0n) is 11.5. The summed E-state index contributed by atoms with van der Waals surface area (Å²) < 4.78 is 0. The first-order valence-corrected chi connectivity index (χ1v) is 6.33. The van der Waals surface area contributed by atoms with Gasteiger partial charge < -0.3 is 10.1 Å². The molecule has 4 nitrogen and oxygen atoms in total. The van der Waals surface area contributed by atoms with Gasteiger partial charge in [0.25, 0.3) is 0 Å². The van der Waals surface area contributed by atoms with E-state index in [1.807, 2.05) is 42.5 Å². The molecule has 0 aliphatic carbocycles. The number of imidazole rings is 1. The van der Waals surface area contributed by atoms with Crippen molar-refractivity contribution < 1.29 is 56.5 Å². The molecule has 0 bridgehead atoms. The van der Waals surface area contributed by atoms with E-state index in [1.165, 1.54) is 6.07 Å². The predicted molar refractivity (Wildman–Crippen MR) is 76.3 cm³/mol. The van der Waals surface area contributed by atoms with Crippen LogP contribution >= 0.6 is 0 Å². The molecule has 0 aliphatic heterocycles. The van der Waals surface area contributed by atoms with Crippen LogP contribution in [0.2, 0.25) is 0 Å². The van der Waals surface area contributed by atoms with Gasteiger partial charge in [0.2, 0.25) is 0 Å². The topological polar surface area (TPSA) is 64.6 Å². The average Bonchev–Trinajstić information content (AvgIpc) is 2.91. The van der Waals surface area contributed by atoms with Gasteiger partial charge in [-0.05, 0) is 23.6 Å². The third-order valence-corrected chi connectivity index (χ3v) is 3.32. The van der Waals surface area contributed by atoms with Crippen LogP contribution in [0.15, 0.2) is 54.6 Å². The Morgan fingerprint density at radius 1 is 0.857 bits per heavy atom. The van der Waals surface area contributed by atoms with Crippen molar-refractivity contribution in [1.29, 1.82) is 0 Å². The van der Waals surface area contributed by atoms with Crippen LogP contribution in [-0.2, 0) is 0 Å². The van der Waals surface area contributed by atoms with Crippen LogP contribution < -0.4 is 56.5 Å². The summed E-state index contributed by atoms with van der Waals surface area (Å²) in [5, 5.41) is 12.7. The maximum absolute atomic E-state index is 11.8. The monoisotopic (exact) mass is 299 g/mol. The molecule has 4 aromatic rings. The number of hydrogen-bond donors (Lipinski definition) is 1. The molecule has 0 saturated carbocycles. The molecule has 2 heterocycles. The van der Waals surface area contributed by atoms with Crippen molar-refractivity contribution in [1.82, 2.24) is 15.0 Å². The normalized spacial score (nSPS) is 10.7. The third-order valence-electron chi connectivity index (χ3n) is 3.32. The molecule has 4 rings (SSSR count). The van der Waals surface area contributed by atoms with Crippen molar-refractivity contribution in [2.45, 2.75) is 0 Å². The van der Waals surface area contributed by atoms with Gasteiger partial charge in [-0.3, -0.25) is 0 Å². The second kappa shape index (κ2) is 5.86. The summed E-state index contributed by atoms with van der Waals surface area (Å²) >= 11 is 0. The number of pyridine rings is 1. The van der Waals surface area contributed by atoms with E-state index in [0.717, 1.165) is 16.4 Å². The molecule has 0 spiro atoms. The number of H-pyrrole nitrogens is 1. The van der Waals surface area contributed by atoms with Crippen molar-refractivity contribution in [2.24, 2.45) is 0 Å². The maximum Gasteiger partial charge on any atom is 1.00 e. The molecule has 2 aromatic heterocycles. The van der Waals surface area contributed by atoms with E-state index < -0.39 is 0 Å². The van der Waals surface area contributed by atoms with Gasteiger partial charge in [-0.15, -0.1) is 0 Å². The van der Waals surface area contributed by atoms with Crippen molar-refractivity contribution in [2.75, 3.05) is 0 Å². The third kappa shape index (κ3) is 2.63. The number of fused-ring (bicyclic) bond motifs is 2. The summed E-state index contributed by atoms with van der Waals surface area (Å²) in [5.74, 6) is 0.608. The fourth-order valence-electron chi connectivity index (χ4n) is 2.33. The van der Waals surface area contributed by atoms with Crippen LogP contribution in [0.5, 0.6) is 5.75 Å². The molecule has 0 aliphatic rings. The number of hydrogen-bond acceptors (Lipinski definition) is 3. The van der Waals surface area contributed by atoms with Crippen LogP contribution in [0.3, 0.4) is 0 Å². The van der Waals surface area contributed by atoms with Gasteiger partial charge in [0.15, 0.2) is 5.82 Å². The number of nitrogens with one attached hydrogen (secondary N) is 1. The van der Waals surface area contributed by atoms with E-state index in [0.29, 0.717) is 17.0 Å². The number of nitrogens with zero attached hydrogens (tertiary/aromatic N) is 2. The minimum Gasteiger partial charge on any atom is -0.871 e. The second-order valence-corrected chi connectivity index (χ2v) is 4.63. The summed E-state index contributed by atoms with van der Waals surface area (Å²) in [6.45, 7) is 0. The van der Waals surface area contributed by atoms with Gasteiger partial charge in [0, 0.05) is 0 Å². The Morgan fingerprint density at radius 3 is 2.57 bits per heavy atom. The van der Waals surface area contributed by atoms with Gasteiger partial charge in [-0.2, -0.15) is 0 Å². The molecule has 0 fully saturated rings. The quantitative estimate of drug-likeness (QED) is 0.497. The van der Waals surface area contributed by atoms with Gasteiger partial charge in [0.1, 0.15) is 5.69 Å². The zero-order valence-corrected chi connectivity index (χ0v) is 14.6. The molecule has 96 valence electrons. The Balaban J connectivity index is 0.00000132. The Bertz CT molecular complexity index is 900. The molecule has 0 saturated heterocycles. The zero-order chi connectivity index (χ0) is 13.5. The summed E-state index contributed by atoms with van der Waals surface area (Å²) in [6.07, 6.45) is 0. The van der Waals surface area contributed by atoms with Crippen molar-refractivity contribution in [3.63, 3.8) is 0 Å². The summed E-state index contributed by atoms with van der Waals surface area (Å²) in [4.78, 5) is 12.2. The van der Waals surface area contributed by atoms with Gasteiger partial charge in [0.05, 0.1) is 16.6 Å². The van der Waals surface area contributed by atoms with Crippen LogP contribution in [0.4, 0.5) is 0 Å². The molecule has 2 aromatic carbocycles. The fourth-order valence-corrected chi connectivity index (χ4v) is 2.33. The average molecular weight is 299 g/mol. The number of para-hydroxylation sites is 3. The SMILES string of the molecule is [K+].[O-]c1cccc2ccc(-c3nc4ccccc4[nH]3)nc12. The minimum absolute atomic E-state index is 0. The van der Waals surface area contributed by atoms with E-state index >= 15 is 0 Å². The predicted octanol–water partition coefficient (Wildman–Crippen LogP) is -0.144. The van der Waals surface area contributed by atoms with Crippen molar-refractivity contribution >= 4 is 21.9 Å². The Kier molecular flexibility index (Phi) is 4.10. The minimum atomic E-state index is -0.0690. The van der Waals surface area contributed by atoms with E-state index in [9.17, 15) is 5.11 Å². The fraction of sp³-hybridized carbons (Fsp3) is 0. The smallest absolute Gasteiger partial charge is 0.871 e. The van der Waals surface area contributed by atoms with E-state index in [-0.39, 0.29) is 57.1 Å². The molecule has 0 radical (unpaired) electrons. The van der Waals surface area contributed by atoms with Crippen LogP contribution in [-0.4, -0.2) is 15.0 Å². The molecule has 0 unspecified atom stereocenters. The Labute approximate surface area is 163 Å². The largest absolute Gasteiger partial charge is 1.00 e. The maximum atomic E-state index is 11.8. The molecule has 1 N–H and O–H groups in total.